The van der Waals surface area contributed by atoms with Crippen molar-refractivity contribution in [1.29, 1.82) is 0 Å². The Hall–Kier alpha value is -1.43. The molecule has 0 aromatic heterocycles. The maximum atomic E-state index is 13.7. The van der Waals surface area contributed by atoms with Gasteiger partial charge in [-0.15, -0.1) is 0 Å². The van der Waals surface area contributed by atoms with Crippen LogP contribution in [0.2, 0.25) is 0 Å². The van der Waals surface area contributed by atoms with Gasteiger partial charge in [-0.3, -0.25) is 4.79 Å². The molecule has 1 amide bonds. The van der Waals surface area contributed by atoms with E-state index < -0.39 is 11.8 Å². The SMILES string of the molecule is COC(=O)c1c(F)cccc1N1CC(Br)CC1=O. The average Bonchev–Trinajstić information content (AvgIpc) is 2.67. The molecule has 0 N–H and O–H groups in total. The Morgan fingerprint density at radius 2 is 2.28 bits per heavy atom. The largest absolute Gasteiger partial charge is 0.465 e. The Kier molecular flexibility index (Phi) is 3.65. The molecule has 1 heterocycles. The molecule has 0 bridgehead atoms. The van der Waals surface area contributed by atoms with Crippen LogP contribution in [-0.2, 0) is 9.53 Å². The van der Waals surface area contributed by atoms with E-state index in [0.717, 1.165) is 0 Å². The standard InChI is InChI=1S/C12H11BrFNO3/c1-18-12(17)11-8(14)3-2-4-9(11)15-6-7(13)5-10(15)16/h2-4,7H,5-6H2,1H3. The minimum absolute atomic E-state index is 0.0127. The fourth-order valence-electron chi connectivity index (χ4n) is 1.94. The van der Waals surface area contributed by atoms with Crippen LogP contribution in [0.5, 0.6) is 0 Å². The number of hydrogen-bond acceptors (Lipinski definition) is 3. The van der Waals surface area contributed by atoms with Gasteiger partial charge in [-0.05, 0) is 12.1 Å². The quantitative estimate of drug-likeness (QED) is 0.620. The molecule has 96 valence electrons. The third-order valence-electron chi connectivity index (χ3n) is 2.75. The third kappa shape index (κ3) is 2.25. The van der Waals surface area contributed by atoms with Gasteiger partial charge in [-0.2, -0.15) is 0 Å². The second-order valence-corrected chi connectivity index (χ2v) is 5.23. The van der Waals surface area contributed by atoms with Crippen LogP contribution in [0, 0.1) is 5.82 Å². The Labute approximate surface area is 112 Å². The smallest absolute Gasteiger partial charge is 0.343 e. The molecule has 1 atom stereocenters. The van der Waals surface area contributed by atoms with Crippen LogP contribution < -0.4 is 4.90 Å². The molecule has 0 saturated carbocycles. The molecule has 1 aromatic rings. The zero-order valence-corrected chi connectivity index (χ0v) is 11.2. The van der Waals surface area contributed by atoms with E-state index in [0.29, 0.717) is 13.0 Å². The first-order valence-electron chi connectivity index (χ1n) is 5.36. The minimum Gasteiger partial charge on any atom is -0.465 e. The second kappa shape index (κ2) is 5.06. The van der Waals surface area contributed by atoms with Gasteiger partial charge in [0.15, 0.2) is 0 Å². The van der Waals surface area contributed by atoms with Crippen LogP contribution in [0.15, 0.2) is 18.2 Å². The number of rotatable bonds is 2. The summed E-state index contributed by atoms with van der Waals surface area (Å²) in [5.74, 6) is -1.62. The number of halogens is 2. The van der Waals surface area contributed by atoms with E-state index in [2.05, 4.69) is 20.7 Å². The number of methoxy groups -OCH3 is 1. The van der Waals surface area contributed by atoms with Crippen molar-refractivity contribution in [2.45, 2.75) is 11.2 Å². The molecule has 1 aliphatic heterocycles. The number of alkyl halides is 1. The molecule has 1 saturated heterocycles. The zero-order valence-electron chi connectivity index (χ0n) is 9.65. The van der Waals surface area contributed by atoms with Gasteiger partial charge in [-0.25, -0.2) is 9.18 Å². The van der Waals surface area contributed by atoms with Gasteiger partial charge in [0.05, 0.1) is 12.8 Å². The minimum atomic E-state index is -0.783. The molecule has 18 heavy (non-hydrogen) atoms. The summed E-state index contributed by atoms with van der Waals surface area (Å²) >= 11 is 3.34. The van der Waals surface area contributed by atoms with E-state index in [1.165, 1.54) is 30.2 Å². The maximum absolute atomic E-state index is 13.7. The summed E-state index contributed by atoms with van der Waals surface area (Å²) in [6.45, 7) is 0.409. The molecular formula is C12H11BrFNO3. The molecule has 2 rings (SSSR count). The number of ether oxygens (including phenoxy) is 1. The first-order valence-corrected chi connectivity index (χ1v) is 6.27. The monoisotopic (exact) mass is 315 g/mol. The summed E-state index contributed by atoms with van der Waals surface area (Å²) in [5, 5.41) is 0. The number of esters is 1. The van der Waals surface area contributed by atoms with Gasteiger partial charge in [-0.1, -0.05) is 22.0 Å². The van der Waals surface area contributed by atoms with Crippen LogP contribution in [0.3, 0.4) is 0 Å². The first kappa shape index (κ1) is 13.0. The molecule has 0 aliphatic carbocycles. The van der Waals surface area contributed by atoms with Crippen molar-refractivity contribution >= 4 is 33.5 Å². The van der Waals surface area contributed by atoms with Crippen LogP contribution in [-0.4, -0.2) is 30.4 Å². The van der Waals surface area contributed by atoms with Crippen LogP contribution in [0.4, 0.5) is 10.1 Å². The summed E-state index contributed by atoms with van der Waals surface area (Å²) in [7, 11) is 1.18. The molecule has 0 spiro atoms. The number of hydrogen-bond donors (Lipinski definition) is 0. The van der Waals surface area contributed by atoms with Crippen LogP contribution in [0.25, 0.3) is 0 Å². The Balaban J connectivity index is 2.48. The van der Waals surface area contributed by atoms with Crippen molar-refractivity contribution in [3.63, 3.8) is 0 Å². The van der Waals surface area contributed by atoms with Crippen LogP contribution in [0.1, 0.15) is 16.8 Å². The number of nitrogens with zero attached hydrogens (tertiary/aromatic N) is 1. The highest BCUT2D eigenvalue weighted by Gasteiger charge is 2.32. The van der Waals surface area contributed by atoms with Crippen molar-refractivity contribution in [2.24, 2.45) is 0 Å². The van der Waals surface area contributed by atoms with E-state index in [1.54, 1.807) is 0 Å². The molecule has 6 heteroatoms. The lowest BCUT2D eigenvalue weighted by atomic mass is 10.1. The van der Waals surface area contributed by atoms with Crippen LogP contribution >= 0.6 is 15.9 Å². The topological polar surface area (TPSA) is 46.6 Å². The van der Waals surface area contributed by atoms with E-state index >= 15 is 0 Å². The Morgan fingerprint density at radius 3 is 2.83 bits per heavy atom. The predicted molar refractivity (Wildman–Crippen MR) is 67.4 cm³/mol. The van der Waals surface area contributed by atoms with Crippen molar-refractivity contribution < 1.29 is 18.7 Å². The zero-order chi connectivity index (χ0) is 13.3. The highest BCUT2D eigenvalue weighted by Crippen LogP contribution is 2.30. The fourth-order valence-corrected chi connectivity index (χ4v) is 2.51. The summed E-state index contributed by atoms with van der Waals surface area (Å²) < 4.78 is 18.3. The summed E-state index contributed by atoms with van der Waals surface area (Å²) in [4.78, 5) is 24.8. The van der Waals surface area contributed by atoms with Gasteiger partial charge < -0.3 is 9.64 Å². The lowest BCUT2D eigenvalue weighted by Crippen LogP contribution is -2.27. The summed E-state index contributed by atoms with van der Waals surface area (Å²) in [6.07, 6.45) is 0.330. The van der Waals surface area contributed by atoms with E-state index in [9.17, 15) is 14.0 Å². The predicted octanol–water partition coefficient (Wildman–Crippen LogP) is 2.11. The van der Waals surface area contributed by atoms with Crippen molar-refractivity contribution in [3.05, 3.63) is 29.6 Å². The van der Waals surface area contributed by atoms with Crippen molar-refractivity contribution in [3.8, 4) is 0 Å². The number of anilines is 1. The van der Waals surface area contributed by atoms with Gasteiger partial charge in [0.25, 0.3) is 0 Å². The lowest BCUT2D eigenvalue weighted by molar-refractivity contribution is -0.117. The van der Waals surface area contributed by atoms with Crippen molar-refractivity contribution in [1.82, 2.24) is 0 Å². The highest BCUT2D eigenvalue weighted by atomic mass is 79.9. The fraction of sp³-hybridized carbons (Fsp3) is 0.333. The average molecular weight is 316 g/mol. The molecule has 1 fully saturated rings. The lowest BCUT2D eigenvalue weighted by Gasteiger charge is -2.19. The molecule has 1 unspecified atom stereocenters. The number of carbonyl (C=O) groups excluding carboxylic acids is 2. The van der Waals surface area contributed by atoms with Crippen molar-refractivity contribution in [2.75, 3.05) is 18.6 Å². The highest BCUT2D eigenvalue weighted by molar-refractivity contribution is 9.09. The summed E-state index contributed by atoms with van der Waals surface area (Å²) in [6, 6.07) is 4.17. The molecule has 1 aliphatic rings. The molecule has 4 nitrogen and oxygen atoms in total. The van der Waals surface area contributed by atoms with Gasteiger partial charge >= 0.3 is 5.97 Å². The molecule has 0 radical (unpaired) electrons. The number of amides is 1. The number of carbonyl (C=O) groups is 2. The Morgan fingerprint density at radius 1 is 1.56 bits per heavy atom. The first-order chi connectivity index (χ1) is 8.54. The molecular weight excluding hydrogens is 305 g/mol. The maximum Gasteiger partial charge on any atom is 0.343 e. The Bertz CT molecular complexity index is 506. The molecule has 1 aromatic carbocycles. The van der Waals surface area contributed by atoms with E-state index in [1.807, 2.05) is 0 Å². The third-order valence-corrected chi connectivity index (χ3v) is 3.36. The van der Waals surface area contributed by atoms with E-state index in [4.69, 9.17) is 0 Å². The van der Waals surface area contributed by atoms with E-state index in [-0.39, 0.29) is 22.0 Å². The number of benzene rings is 1. The second-order valence-electron chi connectivity index (χ2n) is 3.93. The van der Waals surface area contributed by atoms with Gasteiger partial charge in [0.1, 0.15) is 11.4 Å². The summed E-state index contributed by atoms with van der Waals surface area (Å²) in [5.41, 5.74) is 0.0590. The van der Waals surface area contributed by atoms with Gasteiger partial charge in [0, 0.05) is 17.8 Å². The normalized spacial score (nSPS) is 19.2. The van der Waals surface area contributed by atoms with Gasteiger partial charge in [0.2, 0.25) is 5.91 Å².